The lowest BCUT2D eigenvalue weighted by molar-refractivity contribution is -0.130. The van der Waals surface area contributed by atoms with E-state index in [9.17, 15) is 4.79 Å². The SMILES string of the molecule is Cc1noc([C@H]2CCN(C(=O)CCc3scnc3C)C2)n1. The van der Waals surface area contributed by atoms with Crippen LogP contribution in [0.15, 0.2) is 10.0 Å². The number of aromatic nitrogens is 3. The van der Waals surface area contributed by atoms with E-state index in [4.69, 9.17) is 4.52 Å². The zero-order valence-electron chi connectivity index (χ0n) is 12.2. The van der Waals surface area contributed by atoms with Gasteiger partial charge in [-0.3, -0.25) is 4.79 Å². The molecule has 1 aliphatic heterocycles. The molecular formula is C14H18N4O2S. The van der Waals surface area contributed by atoms with Crippen molar-refractivity contribution in [3.05, 3.63) is 27.8 Å². The van der Waals surface area contributed by atoms with E-state index in [2.05, 4.69) is 15.1 Å². The first kappa shape index (κ1) is 14.2. The summed E-state index contributed by atoms with van der Waals surface area (Å²) in [6.07, 6.45) is 2.21. The van der Waals surface area contributed by atoms with Crippen molar-refractivity contribution >= 4 is 17.2 Å². The van der Waals surface area contributed by atoms with Gasteiger partial charge < -0.3 is 9.42 Å². The van der Waals surface area contributed by atoms with Crippen LogP contribution in [0, 0.1) is 13.8 Å². The molecule has 21 heavy (non-hydrogen) atoms. The van der Waals surface area contributed by atoms with Crippen molar-refractivity contribution in [2.75, 3.05) is 13.1 Å². The van der Waals surface area contributed by atoms with Crippen molar-refractivity contribution < 1.29 is 9.32 Å². The summed E-state index contributed by atoms with van der Waals surface area (Å²) >= 11 is 1.62. The Balaban J connectivity index is 1.53. The molecule has 112 valence electrons. The first-order valence-electron chi connectivity index (χ1n) is 7.10. The fraction of sp³-hybridized carbons (Fsp3) is 0.571. The van der Waals surface area contributed by atoms with E-state index in [1.54, 1.807) is 11.3 Å². The molecule has 6 nitrogen and oxygen atoms in total. The molecule has 2 aromatic heterocycles. The Hall–Kier alpha value is -1.76. The van der Waals surface area contributed by atoms with Gasteiger partial charge in [-0.15, -0.1) is 11.3 Å². The fourth-order valence-electron chi connectivity index (χ4n) is 2.61. The zero-order valence-corrected chi connectivity index (χ0v) is 13.0. The summed E-state index contributed by atoms with van der Waals surface area (Å²) in [5.41, 5.74) is 2.87. The van der Waals surface area contributed by atoms with Crippen LogP contribution in [0.3, 0.4) is 0 Å². The monoisotopic (exact) mass is 306 g/mol. The molecule has 1 amide bonds. The van der Waals surface area contributed by atoms with E-state index in [-0.39, 0.29) is 11.8 Å². The minimum atomic E-state index is 0.181. The molecule has 1 saturated heterocycles. The third-order valence-electron chi connectivity index (χ3n) is 3.84. The molecule has 3 heterocycles. The summed E-state index contributed by atoms with van der Waals surface area (Å²) in [4.78, 5) is 23.9. The van der Waals surface area contributed by atoms with E-state index < -0.39 is 0 Å². The highest BCUT2D eigenvalue weighted by molar-refractivity contribution is 7.09. The quantitative estimate of drug-likeness (QED) is 0.865. The molecule has 7 heteroatoms. The van der Waals surface area contributed by atoms with E-state index in [1.165, 1.54) is 4.88 Å². The average molecular weight is 306 g/mol. The first-order valence-corrected chi connectivity index (χ1v) is 7.98. The molecule has 0 aromatic carbocycles. The van der Waals surface area contributed by atoms with Gasteiger partial charge >= 0.3 is 0 Å². The summed E-state index contributed by atoms with van der Waals surface area (Å²) in [6.45, 7) is 5.25. The number of hydrogen-bond donors (Lipinski definition) is 0. The Kier molecular flexibility index (Phi) is 4.01. The Bertz CT molecular complexity index is 636. The average Bonchev–Trinajstić information content (AvgIpc) is 3.16. The first-order chi connectivity index (χ1) is 10.1. The smallest absolute Gasteiger partial charge is 0.231 e. The Labute approximate surface area is 127 Å². The van der Waals surface area contributed by atoms with Crippen LogP contribution in [-0.4, -0.2) is 39.0 Å². The summed E-state index contributed by atoms with van der Waals surface area (Å²) in [6, 6.07) is 0. The predicted molar refractivity (Wildman–Crippen MR) is 78.1 cm³/mol. The summed E-state index contributed by atoms with van der Waals surface area (Å²) in [5.74, 6) is 1.68. The molecule has 2 aromatic rings. The molecule has 0 aliphatic carbocycles. The highest BCUT2D eigenvalue weighted by Gasteiger charge is 2.30. The van der Waals surface area contributed by atoms with Crippen molar-refractivity contribution in [1.82, 2.24) is 20.0 Å². The normalized spacial score (nSPS) is 18.4. The maximum absolute atomic E-state index is 12.3. The Morgan fingerprint density at radius 3 is 3.05 bits per heavy atom. The lowest BCUT2D eigenvalue weighted by Gasteiger charge is -2.15. The van der Waals surface area contributed by atoms with Gasteiger partial charge in [0.25, 0.3) is 0 Å². The molecule has 0 bridgehead atoms. The number of carbonyl (C=O) groups is 1. The maximum atomic E-state index is 12.3. The van der Waals surface area contributed by atoms with Crippen molar-refractivity contribution in [1.29, 1.82) is 0 Å². The zero-order chi connectivity index (χ0) is 14.8. The van der Waals surface area contributed by atoms with Crippen LogP contribution >= 0.6 is 11.3 Å². The van der Waals surface area contributed by atoms with Gasteiger partial charge in [0.2, 0.25) is 11.8 Å². The molecule has 0 spiro atoms. The molecular weight excluding hydrogens is 288 g/mol. The summed E-state index contributed by atoms with van der Waals surface area (Å²) < 4.78 is 5.21. The minimum absolute atomic E-state index is 0.181. The number of hydrogen-bond acceptors (Lipinski definition) is 6. The van der Waals surface area contributed by atoms with Crippen LogP contribution in [-0.2, 0) is 11.2 Å². The fourth-order valence-corrected chi connectivity index (χ4v) is 3.39. The number of rotatable bonds is 4. The van der Waals surface area contributed by atoms with Crippen LogP contribution in [0.25, 0.3) is 0 Å². The molecule has 1 fully saturated rings. The number of carbonyl (C=O) groups excluding carboxylic acids is 1. The second-order valence-corrected chi connectivity index (χ2v) is 6.31. The third-order valence-corrected chi connectivity index (χ3v) is 4.84. The van der Waals surface area contributed by atoms with Crippen LogP contribution in [0.1, 0.15) is 41.0 Å². The van der Waals surface area contributed by atoms with Crippen molar-refractivity contribution in [2.24, 2.45) is 0 Å². The molecule has 1 aliphatic rings. The second-order valence-electron chi connectivity index (χ2n) is 5.37. The summed E-state index contributed by atoms with van der Waals surface area (Å²) in [5, 5.41) is 3.82. The molecule has 3 rings (SSSR count). The van der Waals surface area contributed by atoms with E-state index in [0.29, 0.717) is 24.7 Å². The molecule has 1 atom stereocenters. The number of thiazole rings is 1. The van der Waals surface area contributed by atoms with Gasteiger partial charge in [0.05, 0.1) is 17.1 Å². The molecule has 0 radical (unpaired) electrons. The number of nitrogens with zero attached hydrogens (tertiary/aromatic N) is 4. The van der Waals surface area contributed by atoms with Crippen LogP contribution in [0.4, 0.5) is 0 Å². The number of amides is 1. The largest absolute Gasteiger partial charge is 0.342 e. The van der Waals surface area contributed by atoms with Gasteiger partial charge in [-0.1, -0.05) is 5.16 Å². The number of aryl methyl sites for hydroxylation is 3. The predicted octanol–water partition coefficient (Wildman–Crippen LogP) is 2.09. The van der Waals surface area contributed by atoms with Gasteiger partial charge in [0.15, 0.2) is 5.82 Å². The minimum Gasteiger partial charge on any atom is -0.342 e. The maximum Gasteiger partial charge on any atom is 0.231 e. The van der Waals surface area contributed by atoms with Gasteiger partial charge in [-0.05, 0) is 26.7 Å². The molecule has 0 unspecified atom stereocenters. The standard InChI is InChI=1S/C14H18N4O2S/c1-9-12(21-8-15-9)3-4-13(19)18-6-5-11(7-18)14-16-10(2)17-20-14/h8,11H,3-7H2,1-2H3/t11-/m0/s1. The highest BCUT2D eigenvalue weighted by Crippen LogP contribution is 2.26. The third kappa shape index (κ3) is 3.12. The van der Waals surface area contributed by atoms with Crippen molar-refractivity contribution in [2.45, 2.75) is 39.0 Å². The van der Waals surface area contributed by atoms with Crippen molar-refractivity contribution in [3.63, 3.8) is 0 Å². The molecule has 0 saturated carbocycles. The summed E-state index contributed by atoms with van der Waals surface area (Å²) in [7, 11) is 0. The van der Waals surface area contributed by atoms with Gasteiger partial charge in [-0.25, -0.2) is 4.98 Å². The van der Waals surface area contributed by atoms with Crippen LogP contribution in [0.5, 0.6) is 0 Å². The van der Waals surface area contributed by atoms with Gasteiger partial charge in [0, 0.05) is 24.4 Å². The Morgan fingerprint density at radius 2 is 2.38 bits per heavy atom. The van der Waals surface area contributed by atoms with E-state index >= 15 is 0 Å². The highest BCUT2D eigenvalue weighted by atomic mass is 32.1. The van der Waals surface area contributed by atoms with Crippen LogP contribution < -0.4 is 0 Å². The van der Waals surface area contributed by atoms with Crippen molar-refractivity contribution in [3.8, 4) is 0 Å². The lowest BCUT2D eigenvalue weighted by atomic mass is 10.1. The van der Waals surface area contributed by atoms with Gasteiger partial charge in [-0.2, -0.15) is 4.98 Å². The van der Waals surface area contributed by atoms with Gasteiger partial charge in [0.1, 0.15) is 0 Å². The van der Waals surface area contributed by atoms with E-state index in [0.717, 1.165) is 25.1 Å². The van der Waals surface area contributed by atoms with Crippen LogP contribution in [0.2, 0.25) is 0 Å². The van der Waals surface area contributed by atoms with E-state index in [1.807, 2.05) is 24.3 Å². The second kappa shape index (κ2) is 5.93. The Morgan fingerprint density at radius 1 is 1.52 bits per heavy atom. The lowest BCUT2D eigenvalue weighted by Crippen LogP contribution is -2.28. The number of likely N-dealkylation sites (tertiary alicyclic amines) is 1. The topological polar surface area (TPSA) is 72.1 Å². The molecule has 0 N–H and O–H groups in total.